The molecule has 0 aromatic heterocycles. The fourth-order valence-electron chi connectivity index (χ4n) is 4.07. The normalized spacial score (nSPS) is 9.88. The summed E-state index contributed by atoms with van der Waals surface area (Å²) in [5, 5.41) is 20.2. The summed E-state index contributed by atoms with van der Waals surface area (Å²) in [7, 11) is 0. The van der Waals surface area contributed by atoms with Crippen LogP contribution in [0.15, 0.2) is 0 Å². The van der Waals surface area contributed by atoms with Gasteiger partial charge < -0.3 is 19.8 Å². The van der Waals surface area contributed by atoms with Crippen molar-refractivity contribution in [3.05, 3.63) is 0 Å². The van der Waals surface area contributed by atoms with Crippen LogP contribution in [0.4, 0.5) is 0 Å². The molecule has 0 aliphatic rings. The summed E-state index contributed by atoms with van der Waals surface area (Å²) in [4.78, 5) is 20.2. The van der Waals surface area contributed by atoms with E-state index in [9.17, 15) is 19.8 Å². The van der Waals surface area contributed by atoms with Crippen molar-refractivity contribution >= 4 is 55.6 Å². The molecule has 0 unspecified atom stereocenters. The summed E-state index contributed by atoms with van der Waals surface area (Å²) in [5.41, 5.74) is 0. The number of carboxylic acid groups (broad SMARTS) is 2. The molecule has 246 valence electrons. The van der Waals surface area contributed by atoms with Crippen LogP contribution in [0.2, 0.25) is 13.3 Å². The minimum atomic E-state index is -0.909. The molecule has 6 heteroatoms. The van der Waals surface area contributed by atoms with Crippen molar-refractivity contribution in [1.29, 1.82) is 0 Å². The molecule has 0 amide bonds. The molecule has 42 heavy (non-hydrogen) atoms. The molecule has 0 spiro atoms. The van der Waals surface area contributed by atoms with Crippen molar-refractivity contribution in [2.45, 2.75) is 215 Å². The Hall–Kier alpha value is 0.537. The average molecular weight is 807 g/mol. The molecule has 0 aromatic rings. The van der Waals surface area contributed by atoms with Crippen LogP contribution in [0, 0.1) is 0 Å². The molecule has 0 fully saturated rings. The predicted molar refractivity (Wildman–Crippen MR) is 184 cm³/mol. The molecule has 0 heterocycles. The fourth-order valence-corrected chi connectivity index (χ4v) is 9.23. The molecule has 0 radical (unpaired) electrons. The van der Waals surface area contributed by atoms with Gasteiger partial charge in [0.2, 0.25) is 0 Å². The van der Waals surface area contributed by atoms with Gasteiger partial charge in [-0.25, -0.2) is 0 Å². The third-order valence-electron chi connectivity index (χ3n) is 6.91. The second kappa shape index (κ2) is 51.1. The number of hydrogen-bond acceptors (Lipinski definition) is 4. The molecule has 0 aliphatic heterocycles. The molecule has 0 saturated carbocycles. The van der Waals surface area contributed by atoms with E-state index in [0.29, 0.717) is 0 Å². The van der Waals surface area contributed by atoms with Crippen LogP contribution >= 0.6 is 0 Å². The molecule has 0 atom stereocenters. The summed E-state index contributed by atoms with van der Waals surface area (Å²) in [6.45, 7) is 11.3. The van der Waals surface area contributed by atoms with Crippen molar-refractivity contribution in [3.63, 3.8) is 0 Å². The van der Waals surface area contributed by atoms with Crippen molar-refractivity contribution in [3.8, 4) is 0 Å². The van der Waals surface area contributed by atoms with Gasteiger partial charge in [-0.1, -0.05) is 117 Å². The van der Waals surface area contributed by atoms with Crippen LogP contribution < -0.4 is 10.2 Å². The number of carboxylic acids is 2. The predicted octanol–water partition coefficient (Wildman–Crippen LogP) is 9.82. The van der Waals surface area contributed by atoms with Gasteiger partial charge in [0.1, 0.15) is 0 Å². The minimum absolute atomic E-state index is 0.149. The second-order valence-electron chi connectivity index (χ2n) is 11.5. The first-order valence-electron chi connectivity index (χ1n) is 18.1. The second-order valence-corrected chi connectivity index (χ2v) is 17.2. The van der Waals surface area contributed by atoms with Crippen molar-refractivity contribution in [2.24, 2.45) is 0 Å². The molecule has 0 bridgehead atoms. The van der Waals surface area contributed by atoms with Gasteiger partial charge in [-0.05, 0) is 25.7 Å². The molecule has 0 aromatic carbocycles. The Balaban J connectivity index is -0.000000243. The van der Waals surface area contributed by atoms with Crippen LogP contribution in [-0.2, 0) is 9.59 Å². The Morgan fingerprint density at radius 2 is 0.690 bits per heavy atom. The fraction of sp³-hybridized carbons (Fsp3) is 0.944. The summed E-state index contributed by atoms with van der Waals surface area (Å²) >= 11 is 1.83. The molecular weight excluding hydrogens is 734 g/mol. The van der Waals surface area contributed by atoms with Gasteiger partial charge in [0.15, 0.2) is 0 Å². The number of carbonyl (C=O) groups excluding carboxylic acids is 2. The van der Waals surface area contributed by atoms with Gasteiger partial charge >= 0.3 is 116 Å². The quantitative estimate of drug-likeness (QED) is 0.0583. The topological polar surface area (TPSA) is 80.3 Å². The van der Waals surface area contributed by atoms with Gasteiger partial charge in [0.25, 0.3) is 0 Å². The Morgan fingerprint density at radius 3 is 0.905 bits per heavy atom. The third kappa shape index (κ3) is 68.0. The molecule has 0 N–H and O–H groups in total. The van der Waals surface area contributed by atoms with Crippen LogP contribution in [0.3, 0.4) is 0 Å². The molecular formula is C36H73O4Sn2+3. The van der Waals surface area contributed by atoms with Gasteiger partial charge in [-0.15, -0.1) is 0 Å². The van der Waals surface area contributed by atoms with E-state index in [1.807, 2.05) is 0 Å². The van der Waals surface area contributed by atoms with E-state index in [-0.39, 0.29) is 34.0 Å². The maximum atomic E-state index is 10.1. The number of hydrogen-bond donors (Lipinski definition) is 0. The zero-order valence-electron chi connectivity index (χ0n) is 29.1. The molecule has 4 nitrogen and oxygen atoms in total. The number of unbranched alkanes of at least 4 members (excludes halogenated alkanes) is 19. The Bertz CT molecular complexity index is 435. The monoisotopic (exact) mass is 809 g/mol. The van der Waals surface area contributed by atoms with Crippen LogP contribution in [-0.4, -0.2) is 55.6 Å². The van der Waals surface area contributed by atoms with Crippen molar-refractivity contribution < 1.29 is 19.8 Å². The summed E-state index contributed by atoms with van der Waals surface area (Å²) < 4.78 is 4.68. The zero-order valence-corrected chi connectivity index (χ0v) is 34.8. The Morgan fingerprint density at radius 1 is 0.429 bits per heavy atom. The van der Waals surface area contributed by atoms with Crippen LogP contribution in [0.25, 0.3) is 0 Å². The maximum absolute atomic E-state index is 10.1. The first kappa shape index (κ1) is 49.4. The van der Waals surface area contributed by atoms with Gasteiger partial charge in [0, 0.05) is 11.9 Å². The van der Waals surface area contributed by atoms with Gasteiger partial charge in [0.05, 0.1) is 0 Å². The van der Waals surface area contributed by atoms with E-state index in [2.05, 4.69) is 34.6 Å². The number of rotatable bonds is 28. The molecule has 0 aliphatic carbocycles. The Labute approximate surface area is 288 Å². The van der Waals surface area contributed by atoms with Crippen LogP contribution in [0.5, 0.6) is 0 Å². The van der Waals surface area contributed by atoms with Crippen LogP contribution in [0.1, 0.15) is 202 Å². The van der Waals surface area contributed by atoms with E-state index in [4.69, 9.17) is 0 Å². The van der Waals surface area contributed by atoms with E-state index >= 15 is 0 Å². The summed E-state index contributed by atoms with van der Waals surface area (Å²) in [6.07, 6.45) is 31.0. The Kier molecular flexibility index (Phi) is 60.2. The summed E-state index contributed by atoms with van der Waals surface area (Å²) in [5.74, 6) is -1.82. The van der Waals surface area contributed by atoms with E-state index < -0.39 is 11.9 Å². The molecule has 0 saturated heterocycles. The average Bonchev–Trinajstić information content (AvgIpc) is 2.96. The third-order valence-corrected chi connectivity index (χ3v) is 12.0. The molecule has 0 rings (SSSR count). The van der Waals surface area contributed by atoms with Crippen molar-refractivity contribution in [2.75, 3.05) is 0 Å². The zero-order chi connectivity index (χ0) is 32.4. The summed E-state index contributed by atoms with van der Waals surface area (Å²) in [6, 6.07) is 0. The number of carbonyl (C=O) groups is 2. The standard InChI is InChI=1S/2C12H24O2.3C4H9.2Sn/c2*1-2-3-4-5-6-7-8-9-10-11-12(13)14;3*1-3-4-2;;/h2*2-11H2,1H3,(H,13,14);3*1,3-4H2,2H3;;/q;;;;;+2;+3/p-2. The first-order chi connectivity index (χ1) is 20.4. The van der Waals surface area contributed by atoms with E-state index in [0.717, 1.165) is 25.7 Å². The van der Waals surface area contributed by atoms with E-state index in [1.165, 1.54) is 133 Å². The number of aliphatic carboxylic acids is 2. The van der Waals surface area contributed by atoms with Gasteiger partial charge in [-0.3, -0.25) is 0 Å². The first-order valence-corrected chi connectivity index (χ1v) is 24.2. The SMILES string of the molecule is CCCCCCCCCCCC(=O)[O-].CCCCCCCCCCCC(=O)[O-].CCC[CH2][Sn+2][CH2]CCC.CCC[CH2][Sn+3]. The van der Waals surface area contributed by atoms with E-state index in [1.54, 1.807) is 31.4 Å². The van der Waals surface area contributed by atoms with Gasteiger partial charge in [-0.2, -0.15) is 0 Å². The van der Waals surface area contributed by atoms with Crippen molar-refractivity contribution in [1.82, 2.24) is 0 Å².